The first-order valence-corrected chi connectivity index (χ1v) is 19.6. The molecule has 17 heteroatoms. The van der Waals surface area contributed by atoms with Crippen molar-refractivity contribution in [1.82, 2.24) is 5.32 Å². The Bertz CT molecular complexity index is 1140. The Morgan fingerprint density at radius 2 is 0.719 bits per heavy atom. The van der Waals surface area contributed by atoms with Crippen LogP contribution in [0.1, 0.15) is 5.56 Å². The molecule has 0 saturated heterocycles. The van der Waals surface area contributed by atoms with Crippen LogP contribution in [0.25, 0.3) is 0 Å². The molecule has 2 aromatic carbocycles. The zero-order valence-corrected chi connectivity index (χ0v) is 33.5. The third-order valence-electron chi connectivity index (χ3n) is 7.20. The van der Waals surface area contributed by atoms with Gasteiger partial charge >= 0.3 is 6.09 Å². The van der Waals surface area contributed by atoms with E-state index in [2.05, 4.69) is 5.32 Å². The topological polar surface area (TPSA) is 184 Å². The molecule has 0 radical (unpaired) electrons. The number of ether oxygens (including phenoxy) is 14. The van der Waals surface area contributed by atoms with Gasteiger partial charge in [0, 0.05) is 12.2 Å². The van der Waals surface area contributed by atoms with Crippen molar-refractivity contribution in [2.45, 2.75) is 6.61 Å². The van der Waals surface area contributed by atoms with Crippen molar-refractivity contribution < 1.29 is 71.1 Å². The van der Waals surface area contributed by atoms with Crippen LogP contribution in [0.2, 0.25) is 0 Å². The molecule has 2 rings (SSSR count). The minimum absolute atomic E-state index is 0.234. The molecular formula is C40H66N2O15. The van der Waals surface area contributed by atoms with Crippen LogP contribution in [0.5, 0.6) is 5.75 Å². The van der Waals surface area contributed by atoms with E-state index in [-0.39, 0.29) is 6.61 Å². The summed E-state index contributed by atoms with van der Waals surface area (Å²) in [5, 5.41) is 2.64. The molecule has 0 atom stereocenters. The summed E-state index contributed by atoms with van der Waals surface area (Å²) < 4.78 is 76.5. The summed E-state index contributed by atoms with van der Waals surface area (Å²) in [4.78, 5) is 11.7. The van der Waals surface area contributed by atoms with Gasteiger partial charge in [-0.15, -0.1) is 0 Å². The Morgan fingerprint density at radius 3 is 1.07 bits per heavy atom. The molecule has 17 nitrogen and oxygen atoms in total. The molecular weight excluding hydrogens is 748 g/mol. The van der Waals surface area contributed by atoms with Gasteiger partial charge in [-0.25, -0.2) is 4.79 Å². The molecule has 0 aliphatic carbocycles. The summed E-state index contributed by atoms with van der Waals surface area (Å²) in [5.74, 6) is 0.767. The maximum atomic E-state index is 11.7. The summed E-state index contributed by atoms with van der Waals surface area (Å²) in [7, 11) is 0. The molecule has 3 N–H and O–H groups in total. The van der Waals surface area contributed by atoms with Crippen LogP contribution in [0, 0.1) is 0 Å². The highest BCUT2D eigenvalue weighted by atomic mass is 16.6. The van der Waals surface area contributed by atoms with E-state index >= 15 is 0 Å². The molecule has 2 aromatic rings. The molecule has 0 aliphatic rings. The molecule has 0 aromatic heterocycles. The maximum Gasteiger partial charge on any atom is 0.407 e. The molecule has 0 fully saturated rings. The molecule has 0 saturated carbocycles. The molecule has 57 heavy (non-hydrogen) atoms. The van der Waals surface area contributed by atoms with Crippen LogP contribution >= 0.6 is 0 Å². The number of anilines is 1. The number of rotatable bonds is 42. The molecule has 0 bridgehead atoms. The van der Waals surface area contributed by atoms with E-state index in [4.69, 9.17) is 72.0 Å². The lowest BCUT2D eigenvalue weighted by atomic mass is 10.2. The highest BCUT2D eigenvalue weighted by molar-refractivity contribution is 5.67. The average molecular weight is 815 g/mol. The number of carbonyl (C=O) groups excluding carboxylic acids is 1. The molecule has 1 amide bonds. The number of alkyl carbamates (subject to hydrolysis) is 1. The van der Waals surface area contributed by atoms with Gasteiger partial charge in [0.25, 0.3) is 0 Å². The summed E-state index contributed by atoms with van der Waals surface area (Å²) in [6, 6.07) is 16.8. The van der Waals surface area contributed by atoms with Crippen molar-refractivity contribution in [3.8, 4) is 5.75 Å². The summed E-state index contributed by atoms with van der Waals surface area (Å²) in [6.07, 6.45) is -0.472. The fourth-order valence-electron chi connectivity index (χ4n) is 4.30. The largest absolute Gasteiger partial charge is 0.491 e. The van der Waals surface area contributed by atoms with Crippen molar-refractivity contribution in [3.63, 3.8) is 0 Å². The number of carbonyl (C=O) groups is 1. The number of nitrogen functional groups attached to an aromatic ring is 1. The van der Waals surface area contributed by atoms with Crippen LogP contribution in [0.15, 0.2) is 54.6 Å². The first-order valence-electron chi connectivity index (χ1n) is 19.6. The second-order valence-electron chi connectivity index (χ2n) is 11.8. The standard InChI is InChI=1S/C40H66N2O15/c41-38-6-8-39(9-7-38)56-35-34-55-33-32-54-31-30-53-29-28-52-27-26-51-25-24-50-23-22-49-21-20-48-19-18-47-17-16-46-15-14-45-13-12-44-11-10-42-40(43)57-36-37-4-2-1-3-5-37/h1-9H,10-36,41H2,(H,42,43). The van der Waals surface area contributed by atoms with Crippen LogP contribution in [0.3, 0.4) is 0 Å². The van der Waals surface area contributed by atoms with Crippen molar-refractivity contribution in [3.05, 3.63) is 60.2 Å². The Balaban J connectivity index is 1.13. The Kier molecular flexibility index (Phi) is 34.8. The van der Waals surface area contributed by atoms with Crippen LogP contribution < -0.4 is 15.8 Å². The van der Waals surface area contributed by atoms with Gasteiger partial charge < -0.3 is 77.4 Å². The summed E-state index contributed by atoms with van der Waals surface area (Å²) in [6.45, 7) is 12.6. The lowest BCUT2D eigenvalue weighted by Crippen LogP contribution is -2.28. The number of nitrogens with two attached hydrogens (primary N) is 1. The zero-order valence-electron chi connectivity index (χ0n) is 33.5. The van der Waals surface area contributed by atoms with Crippen molar-refractivity contribution in [2.24, 2.45) is 0 Å². The van der Waals surface area contributed by atoms with Gasteiger partial charge in [0.15, 0.2) is 0 Å². The molecule has 326 valence electrons. The normalized spacial score (nSPS) is 11.2. The lowest BCUT2D eigenvalue weighted by molar-refractivity contribution is -0.0285. The van der Waals surface area contributed by atoms with E-state index in [0.29, 0.717) is 177 Å². The number of nitrogens with one attached hydrogen (secondary N) is 1. The quantitative estimate of drug-likeness (QED) is 0.0736. The smallest absolute Gasteiger partial charge is 0.407 e. The molecule has 0 heterocycles. The fraction of sp³-hybridized carbons (Fsp3) is 0.675. The van der Waals surface area contributed by atoms with E-state index in [9.17, 15) is 4.79 Å². The van der Waals surface area contributed by atoms with Gasteiger partial charge in [0.05, 0.1) is 159 Å². The van der Waals surface area contributed by atoms with Gasteiger partial charge in [-0.2, -0.15) is 0 Å². The van der Waals surface area contributed by atoms with Crippen LogP contribution in [0.4, 0.5) is 10.5 Å². The van der Waals surface area contributed by atoms with Crippen LogP contribution in [-0.2, 0) is 68.2 Å². The first kappa shape index (κ1) is 50.0. The molecule has 0 unspecified atom stereocenters. The highest BCUT2D eigenvalue weighted by Gasteiger charge is 2.02. The Hall–Kier alpha value is -3.17. The van der Waals surface area contributed by atoms with E-state index in [0.717, 1.165) is 11.3 Å². The van der Waals surface area contributed by atoms with Gasteiger partial charge in [0.2, 0.25) is 0 Å². The van der Waals surface area contributed by atoms with Gasteiger partial charge in [-0.1, -0.05) is 30.3 Å². The third-order valence-corrected chi connectivity index (χ3v) is 7.20. The van der Waals surface area contributed by atoms with Gasteiger partial charge in [-0.3, -0.25) is 0 Å². The van der Waals surface area contributed by atoms with E-state index < -0.39 is 6.09 Å². The van der Waals surface area contributed by atoms with Gasteiger partial charge in [-0.05, 0) is 29.8 Å². The number of amides is 1. The van der Waals surface area contributed by atoms with E-state index in [1.54, 1.807) is 12.1 Å². The third kappa shape index (κ3) is 34.6. The van der Waals surface area contributed by atoms with E-state index in [1.165, 1.54) is 0 Å². The second-order valence-corrected chi connectivity index (χ2v) is 11.8. The lowest BCUT2D eigenvalue weighted by Gasteiger charge is -2.09. The minimum Gasteiger partial charge on any atom is -0.491 e. The summed E-state index contributed by atoms with van der Waals surface area (Å²) >= 11 is 0. The monoisotopic (exact) mass is 814 g/mol. The Labute approximate surface area is 337 Å². The van der Waals surface area contributed by atoms with E-state index in [1.807, 2.05) is 42.5 Å². The predicted molar refractivity (Wildman–Crippen MR) is 211 cm³/mol. The SMILES string of the molecule is Nc1ccc(OCCOCCOCCOCCOCCOCCOCCOCCOCCOCCOCCOCCOCCNC(=O)OCc2ccccc2)cc1. The highest BCUT2D eigenvalue weighted by Crippen LogP contribution is 2.12. The first-order chi connectivity index (χ1) is 28.2. The van der Waals surface area contributed by atoms with Gasteiger partial charge in [0.1, 0.15) is 19.0 Å². The molecule has 0 aliphatic heterocycles. The number of hydrogen-bond acceptors (Lipinski definition) is 16. The van der Waals surface area contributed by atoms with Crippen molar-refractivity contribution in [2.75, 3.05) is 177 Å². The summed E-state index contributed by atoms with van der Waals surface area (Å²) in [5.41, 5.74) is 7.29. The average Bonchev–Trinajstić information content (AvgIpc) is 3.23. The number of hydrogen-bond donors (Lipinski definition) is 2. The second kappa shape index (κ2) is 39.6. The molecule has 0 spiro atoms. The maximum absolute atomic E-state index is 11.7. The number of benzene rings is 2. The Morgan fingerprint density at radius 1 is 0.404 bits per heavy atom. The fourth-order valence-corrected chi connectivity index (χ4v) is 4.30. The predicted octanol–water partition coefficient (Wildman–Crippen LogP) is 2.77. The van der Waals surface area contributed by atoms with Crippen LogP contribution in [-0.4, -0.2) is 178 Å². The van der Waals surface area contributed by atoms with Crippen molar-refractivity contribution in [1.29, 1.82) is 0 Å². The minimum atomic E-state index is -0.472. The van der Waals surface area contributed by atoms with Crippen molar-refractivity contribution >= 4 is 11.8 Å². The zero-order chi connectivity index (χ0) is 40.4.